The number of ketones is 1. The highest BCUT2D eigenvalue weighted by Gasteiger charge is 2.10. The third kappa shape index (κ3) is 2.05. The predicted molar refractivity (Wildman–Crippen MR) is 50.1 cm³/mol. The molecule has 0 unspecified atom stereocenters. The van der Waals surface area contributed by atoms with E-state index in [2.05, 4.69) is 0 Å². The molecule has 0 aromatic heterocycles. The Morgan fingerprint density at radius 2 is 2.23 bits per heavy atom. The van der Waals surface area contributed by atoms with Crippen LogP contribution >= 0.6 is 0 Å². The second-order valence-electron chi connectivity index (χ2n) is 2.87. The minimum atomic E-state index is -0.526. The van der Waals surface area contributed by atoms with Crippen LogP contribution in [0.2, 0.25) is 0 Å². The van der Waals surface area contributed by atoms with E-state index in [0.29, 0.717) is 12.0 Å². The van der Waals surface area contributed by atoms with Crippen molar-refractivity contribution in [1.29, 1.82) is 0 Å². The van der Waals surface area contributed by atoms with Crippen molar-refractivity contribution in [3.05, 3.63) is 29.6 Å². The normalized spacial score (nSPS) is 10.0. The molecular weight excluding hydrogens is 169 g/mol. The van der Waals surface area contributed by atoms with Crippen LogP contribution in [0, 0.1) is 5.82 Å². The molecule has 0 heterocycles. The lowest BCUT2D eigenvalue weighted by atomic mass is 10.1. The largest absolute Gasteiger partial charge is 0.396 e. The van der Waals surface area contributed by atoms with Crippen LogP contribution in [0.15, 0.2) is 18.2 Å². The van der Waals surface area contributed by atoms with E-state index < -0.39 is 5.82 Å². The van der Waals surface area contributed by atoms with E-state index in [-0.39, 0.29) is 11.5 Å². The van der Waals surface area contributed by atoms with Crippen molar-refractivity contribution < 1.29 is 9.18 Å². The van der Waals surface area contributed by atoms with Crippen molar-refractivity contribution in [3.8, 4) is 0 Å². The zero-order chi connectivity index (χ0) is 9.84. The highest BCUT2D eigenvalue weighted by Crippen LogP contribution is 2.17. The van der Waals surface area contributed by atoms with Gasteiger partial charge in [0.15, 0.2) is 5.78 Å². The van der Waals surface area contributed by atoms with Gasteiger partial charge >= 0.3 is 0 Å². The molecule has 0 fully saturated rings. The molecule has 1 aromatic rings. The zero-order valence-electron chi connectivity index (χ0n) is 7.51. The molecule has 0 radical (unpaired) electrons. The lowest BCUT2D eigenvalue weighted by Crippen LogP contribution is -2.04. The lowest BCUT2D eigenvalue weighted by molar-refractivity contribution is 0.0982. The number of rotatable bonds is 3. The van der Waals surface area contributed by atoms with Gasteiger partial charge in [-0.05, 0) is 18.6 Å². The molecule has 2 N–H and O–H groups in total. The van der Waals surface area contributed by atoms with Crippen LogP contribution in [0.25, 0.3) is 0 Å². The molecule has 0 aliphatic heterocycles. The van der Waals surface area contributed by atoms with Crippen LogP contribution in [0.1, 0.15) is 30.1 Å². The first-order valence-corrected chi connectivity index (χ1v) is 4.24. The lowest BCUT2D eigenvalue weighted by Gasteiger charge is -2.03. The van der Waals surface area contributed by atoms with Gasteiger partial charge in [-0.2, -0.15) is 0 Å². The molecule has 0 atom stereocenters. The Hall–Kier alpha value is -1.38. The van der Waals surface area contributed by atoms with E-state index in [0.717, 1.165) is 6.42 Å². The SMILES string of the molecule is CCCC(=O)c1cccc(F)c1N. The van der Waals surface area contributed by atoms with Crippen molar-refractivity contribution in [2.24, 2.45) is 0 Å². The first-order valence-electron chi connectivity index (χ1n) is 4.24. The summed E-state index contributed by atoms with van der Waals surface area (Å²) in [6.45, 7) is 1.90. The van der Waals surface area contributed by atoms with Crippen LogP contribution in [0.3, 0.4) is 0 Å². The fourth-order valence-electron chi connectivity index (χ4n) is 1.14. The summed E-state index contributed by atoms with van der Waals surface area (Å²) in [6.07, 6.45) is 1.16. The summed E-state index contributed by atoms with van der Waals surface area (Å²) >= 11 is 0. The molecule has 3 heteroatoms. The van der Waals surface area contributed by atoms with Gasteiger partial charge in [0.25, 0.3) is 0 Å². The fraction of sp³-hybridized carbons (Fsp3) is 0.300. The highest BCUT2D eigenvalue weighted by atomic mass is 19.1. The van der Waals surface area contributed by atoms with E-state index in [1.54, 1.807) is 6.07 Å². The Labute approximate surface area is 76.6 Å². The number of para-hydroxylation sites is 1. The van der Waals surface area contributed by atoms with Gasteiger partial charge in [-0.1, -0.05) is 13.0 Å². The van der Waals surface area contributed by atoms with Gasteiger partial charge in [0.2, 0.25) is 0 Å². The third-order valence-electron chi connectivity index (χ3n) is 1.83. The Balaban J connectivity index is 3.01. The van der Waals surface area contributed by atoms with Crippen LogP contribution in [0.4, 0.5) is 10.1 Å². The molecular formula is C10H12FNO. The first kappa shape index (κ1) is 9.71. The van der Waals surface area contributed by atoms with Gasteiger partial charge in [-0.15, -0.1) is 0 Å². The van der Waals surface area contributed by atoms with E-state index in [4.69, 9.17) is 5.73 Å². The number of nitrogen functional groups attached to an aromatic ring is 1. The number of Topliss-reactive ketones (excluding diaryl/α,β-unsaturated/α-hetero) is 1. The number of anilines is 1. The van der Waals surface area contributed by atoms with E-state index in [1.165, 1.54) is 12.1 Å². The zero-order valence-corrected chi connectivity index (χ0v) is 7.51. The number of nitrogens with two attached hydrogens (primary N) is 1. The monoisotopic (exact) mass is 181 g/mol. The molecule has 0 amide bonds. The summed E-state index contributed by atoms with van der Waals surface area (Å²) in [5.41, 5.74) is 5.67. The number of hydrogen-bond donors (Lipinski definition) is 1. The topological polar surface area (TPSA) is 43.1 Å². The quantitative estimate of drug-likeness (QED) is 0.574. The van der Waals surface area contributed by atoms with E-state index >= 15 is 0 Å². The smallest absolute Gasteiger partial charge is 0.165 e. The van der Waals surface area contributed by atoms with Gasteiger partial charge in [-0.3, -0.25) is 4.79 Å². The molecule has 0 aliphatic carbocycles. The Kier molecular flexibility index (Phi) is 3.01. The summed E-state index contributed by atoms with van der Waals surface area (Å²) < 4.78 is 12.9. The summed E-state index contributed by atoms with van der Waals surface area (Å²) in [7, 11) is 0. The van der Waals surface area contributed by atoms with Gasteiger partial charge in [-0.25, -0.2) is 4.39 Å². The maximum absolute atomic E-state index is 12.9. The second kappa shape index (κ2) is 4.03. The van der Waals surface area contributed by atoms with Crippen molar-refractivity contribution in [2.75, 3.05) is 5.73 Å². The van der Waals surface area contributed by atoms with E-state index in [1.807, 2.05) is 6.92 Å². The third-order valence-corrected chi connectivity index (χ3v) is 1.83. The van der Waals surface area contributed by atoms with Crippen molar-refractivity contribution in [2.45, 2.75) is 19.8 Å². The van der Waals surface area contributed by atoms with E-state index in [9.17, 15) is 9.18 Å². The van der Waals surface area contributed by atoms with Crippen LogP contribution < -0.4 is 5.73 Å². The maximum Gasteiger partial charge on any atom is 0.165 e. The standard InChI is InChI=1S/C10H12FNO/c1-2-4-9(13)7-5-3-6-8(11)10(7)12/h3,5-6H,2,4,12H2,1H3. The molecule has 2 nitrogen and oxygen atoms in total. The molecule has 0 bridgehead atoms. The van der Waals surface area contributed by atoms with Crippen LogP contribution in [0.5, 0.6) is 0 Å². The Bertz CT molecular complexity index is 323. The minimum absolute atomic E-state index is 0.0408. The van der Waals surface area contributed by atoms with Crippen LogP contribution in [-0.2, 0) is 0 Å². The molecule has 13 heavy (non-hydrogen) atoms. The Morgan fingerprint density at radius 3 is 2.85 bits per heavy atom. The van der Waals surface area contributed by atoms with Gasteiger partial charge in [0.1, 0.15) is 5.82 Å². The summed E-state index contributed by atoms with van der Waals surface area (Å²) in [4.78, 5) is 11.4. The molecule has 1 aromatic carbocycles. The Morgan fingerprint density at radius 1 is 1.54 bits per heavy atom. The highest BCUT2D eigenvalue weighted by molar-refractivity contribution is 6.00. The molecule has 0 spiro atoms. The number of hydrogen-bond acceptors (Lipinski definition) is 2. The van der Waals surface area contributed by atoms with Crippen LogP contribution in [-0.4, -0.2) is 5.78 Å². The minimum Gasteiger partial charge on any atom is -0.396 e. The van der Waals surface area contributed by atoms with Crippen molar-refractivity contribution >= 4 is 11.5 Å². The summed E-state index contributed by atoms with van der Waals surface area (Å²) in [5.74, 6) is -0.624. The number of benzene rings is 1. The predicted octanol–water partition coefficient (Wildman–Crippen LogP) is 2.39. The molecule has 1 rings (SSSR count). The molecule has 0 saturated heterocycles. The molecule has 0 saturated carbocycles. The van der Waals surface area contributed by atoms with Crippen molar-refractivity contribution in [1.82, 2.24) is 0 Å². The first-order chi connectivity index (χ1) is 6.16. The number of carbonyl (C=O) groups is 1. The van der Waals surface area contributed by atoms with Gasteiger partial charge in [0.05, 0.1) is 5.69 Å². The average Bonchev–Trinajstić information content (AvgIpc) is 2.10. The summed E-state index contributed by atoms with van der Waals surface area (Å²) in [5, 5.41) is 0. The van der Waals surface area contributed by atoms with Crippen molar-refractivity contribution in [3.63, 3.8) is 0 Å². The number of carbonyl (C=O) groups excluding carboxylic acids is 1. The number of halogens is 1. The molecule has 70 valence electrons. The molecule has 0 aliphatic rings. The second-order valence-corrected chi connectivity index (χ2v) is 2.87. The average molecular weight is 181 g/mol. The summed E-state index contributed by atoms with van der Waals surface area (Å²) in [6, 6.07) is 4.29. The van der Waals surface area contributed by atoms with Gasteiger partial charge < -0.3 is 5.73 Å². The van der Waals surface area contributed by atoms with Gasteiger partial charge in [0, 0.05) is 12.0 Å². The maximum atomic E-state index is 12.9. The fourth-order valence-corrected chi connectivity index (χ4v) is 1.14.